The van der Waals surface area contributed by atoms with Crippen LogP contribution in [0.4, 0.5) is 4.39 Å². The molecule has 16 heavy (non-hydrogen) atoms. The first-order chi connectivity index (χ1) is 7.60. The number of hydrogen-bond donors (Lipinski definition) is 1. The Morgan fingerprint density at radius 3 is 2.62 bits per heavy atom. The molecule has 0 bridgehead atoms. The fraction of sp³-hybridized carbons (Fsp3) is 0.417. The summed E-state index contributed by atoms with van der Waals surface area (Å²) in [6, 6.07) is 4.03. The first kappa shape index (κ1) is 10.9. The van der Waals surface area contributed by atoms with Crippen molar-refractivity contribution >= 4 is 5.97 Å². The number of rotatable bonds is 3. The topological polar surface area (TPSA) is 46.5 Å². The number of carboxylic acids is 1. The summed E-state index contributed by atoms with van der Waals surface area (Å²) < 4.78 is 18.1. The molecule has 3 nitrogen and oxygen atoms in total. The summed E-state index contributed by atoms with van der Waals surface area (Å²) >= 11 is 0. The third-order valence-corrected chi connectivity index (χ3v) is 3.30. The van der Waals surface area contributed by atoms with E-state index in [-0.39, 0.29) is 0 Å². The van der Waals surface area contributed by atoms with Gasteiger partial charge in [0.2, 0.25) is 0 Å². The molecule has 1 aliphatic rings. The number of carbonyl (C=O) groups is 1. The van der Waals surface area contributed by atoms with E-state index in [1.165, 1.54) is 25.3 Å². The number of ether oxygens (including phenoxy) is 1. The second kappa shape index (κ2) is 3.77. The van der Waals surface area contributed by atoms with E-state index >= 15 is 0 Å². The van der Waals surface area contributed by atoms with Crippen LogP contribution in [0.25, 0.3) is 0 Å². The smallest absolute Gasteiger partial charge is 0.314 e. The van der Waals surface area contributed by atoms with Gasteiger partial charge < -0.3 is 9.84 Å². The number of hydrogen-bond acceptors (Lipinski definition) is 2. The van der Waals surface area contributed by atoms with E-state index in [4.69, 9.17) is 4.74 Å². The molecule has 0 heterocycles. The standard InChI is InChI=1S/C12H13FO3/c1-16-10-7-8(13)3-4-9(10)12(11(14)15)5-2-6-12/h3-4,7H,2,5-6H2,1H3,(H,14,15). The van der Waals surface area contributed by atoms with Crippen LogP contribution in [0.3, 0.4) is 0 Å². The van der Waals surface area contributed by atoms with E-state index in [1.54, 1.807) is 0 Å². The molecule has 1 fully saturated rings. The van der Waals surface area contributed by atoms with Gasteiger partial charge >= 0.3 is 5.97 Å². The molecule has 0 atom stereocenters. The first-order valence-electron chi connectivity index (χ1n) is 5.17. The van der Waals surface area contributed by atoms with Gasteiger partial charge in [0.25, 0.3) is 0 Å². The number of carboxylic acid groups (broad SMARTS) is 1. The summed E-state index contributed by atoms with van der Waals surface area (Å²) in [4.78, 5) is 11.3. The van der Waals surface area contributed by atoms with E-state index in [0.717, 1.165) is 6.42 Å². The molecular weight excluding hydrogens is 211 g/mol. The summed E-state index contributed by atoms with van der Waals surface area (Å²) in [6.45, 7) is 0. The van der Waals surface area contributed by atoms with Gasteiger partial charge in [-0.05, 0) is 18.9 Å². The molecule has 0 saturated heterocycles. The van der Waals surface area contributed by atoms with Gasteiger partial charge in [-0.1, -0.05) is 12.5 Å². The molecule has 1 saturated carbocycles. The fourth-order valence-corrected chi connectivity index (χ4v) is 2.19. The average molecular weight is 224 g/mol. The molecule has 1 N–H and O–H groups in total. The molecule has 86 valence electrons. The summed E-state index contributed by atoms with van der Waals surface area (Å²) in [5, 5.41) is 9.28. The van der Waals surface area contributed by atoms with Crippen molar-refractivity contribution in [1.29, 1.82) is 0 Å². The number of benzene rings is 1. The van der Waals surface area contributed by atoms with Crippen LogP contribution in [0.1, 0.15) is 24.8 Å². The number of halogens is 1. The van der Waals surface area contributed by atoms with E-state index in [2.05, 4.69) is 0 Å². The molecule has 0 aromatic heterocycles. The third kappa shape index (κ3) is 1.45. The van der Waals surface area contributed by atoms with Crippen LogP contribution in [-0.4, -0.2) is 18.2 Å². The van der Waals surface area contributed by atoms with E-state index < -0.39 is 17.2 Å². The van der Waals surface area contributed by atoms with Gasteiger partial charge in [-0.3, -0.25) is 4.79 Å². The zero-order chi connectivity index (χ0) is 11.8. The zero-order valence-corrected chi connectivity index (χ0v) is 9.00. The molecule has 4 heteroatoms. The maximum absolute atomic E-state index is 13.0. The Balaban J connectivity index is 2.50. The van der Waals surface area contributed by atoms with Crippen molar-refractivity contribution in [3.8, 4) is 5.75 Å². The van der Waals surface area contributed by atoms with Crippen molar-refractivity contribution in [2.24, 2.45) is 0 Å². The van der Waals surface area contributed by atoms with Gasteiger partial charge in [0.15, 0.2) is 0 Å². The van der Waals surface area contributed by atoms with E-state index in [9.17, 15) is 14.3 Å². The Bertz CT molecular complexity index is 424. The molecule has 0 unspecified atom stereocenters. The lowest BCUT2D eigenvalue weighted by molar-refractivity contribution is -0.147. The van der Waals surface area contributed by atoms with E-state index in [1.807, 2.05) is 0 Å². The van der Waals surface area contributed by atoms with Gasteiger partial charge in [0, 0.05) is 11.6 Å². The highest BCUT2D eigenvalue weighted by atomic mass is 19.1. The maximum atomic E-state index is 13.0. The minimum Gasteiger partial charge on any atom is -0.496 e. The van der Waals surface area contributed by atoms with Crippen LogP contribution in [-0.2, 0) is 10.2 Å². The van der Waals surface area contributed by atoms with Crippen molar-refractivity contribution < 1.29 is 19.0 Å². The Morgan fingerprint density at radius 1 is 1.50 bits per heavy atom. The fourth-order valence-electron chi connectivity index (χ4n) is 2.19. The molecule has 1 aliphatic carbocycles. The number of aliphatic carboxylic acids is 1. The molecule has 0 aliphatic heterocycles. The lowest BCUT2D eigenvalue weighted by Gasteiger charge is -2.38. The molecule has 1 aromatic rings. The lowest BCUT2D eigenvalue weighted by Crippen LogP contribution is -2.42. The maximum Gasteiger partial charge on any atom is 0.314 e. The van der Waals surface area contributed by atoms with Crippen LogP contribution in [0, 0.1) is 5.82 Å². The van der Waals surface area contributed by atoms with Crippen LogP contribution in [0.15, 0.2) is 18.2 Å². The second-order valence-corrected chi connectivity index (χ2v) is 4.09. The monoisotopic (exact) mass is 224 g/mol. The Morgan fingerprint density at radius 2 is 2.19 bits per heavy atom. The predicted octanol–water partition coefficient (Wildman–Crippen LogP) is 2.34. The molecule has 0 amide bonds. The van der Waals surface area contributed by atoms with Crippen LogP contribution < -0.4 is 4.74 Å². The molecule has 1 aromatic carbocycles. The van der Waals surface area contributed by atoms with Crippen molar-refractivity contribution in [2.45, 2.75) is 24.7 Å². The Hall–Kier alpha value is -1.58. The third-order valence-electron chi connectivity index (χ3n) is 3.30. The first-order valence-corrected chi connectivity index (χ1v) is 5.17. The SMILES string of the molecule is COc1cc(F)ccc1C1(C(=O)O)CCC1. The Labute approximate surface area is 92.9 Å². The zero-order valence-electron chi connectivity index (χ0n) is 9.00. The number of methoxy groups -OCH3 is 1. The van der Waals surface area contributed by atoms with Crippen LogP contribution >= 0.6 is 0 Å². The quantitative estimate of drug-likeness (QED) is 0.857. The van der Waals surface area contributed by atoms with Crippen LogP contribution in [0.2, 0.25) is 0 Å². The van der Waals surface area contributed by atoms with Gasteiger partial charge in [-0.25, -0.2) is 4.39 Å². The normalized spacial score (nSPS) is 17.6. The highest BCUT2D eigenvalue weighted by molar-refractivity contribution is 5.83. The summed E-state index contributed by atoms with van der Waals surface area (Å²) in [7, 11) is 1.42. The van der Waals surface area contributed by atoms with Gasteiger partial charge in [-0.15, -0.1) is 0 Å². The lowest BCUT2D eigenvalue weighted by atomic mass is 9.64. The van der Waals surface area contributed by atoms with Crippen molar-refractivity contribution in [2.75, 3.05) is 7.11 Å². The summed E-state index contributed by atoms with van der Waals surface area (Å²) in [5.41, 5.74) is -0.297. The molecule has 0 radical (unpaired) electrons. The van der Waals surface area contributed by atoms with E-state index in [0.29, 0.717) is 24.2 Å². The highest BCUT2D eigenvalue weighted by Gasteiger charge is 2.47. The van der Waals surface area contributed by atoms with Crippen molar-refractivity contribution in [3.63, 3.8) is 0 Å². The van der Waals surface area contributed by atoms with Gasteiger partial charge in [0.1, 0.15) is 11.6 Å². The predicted molar refractivity (Wildman–Crippen MR) is 56.1 cm³/mol. The van der Waals surface area contributed by atoms with Gasteiger partial charge in [0.05, 0.1) is 12.5 Å². The Kier molecular flexibility index (Phi) is 2.58. The molecular formula is C12H13FO3. The highest BCUT2D eigenvalue weighted by Crippen LogP contribution is 2.47. The van der Waals surface area contributed by atoms with Crippen LogP contribution in [0.5, 0.6) is 5.75 Å². The largest absolute Gasteiger partial charge is 0.496 e. The minimum absolute atomic E-state index is 0.321. The summed E-state index contributed by atoms with van der Waals surface area (Å²) in [5.74, 6) is -0.953. The molecule has 2 rings (SSSR count). The second-order valence-electron chi connectivity index (χ2n) is 4.09. The van der Waals surface area contributed by atoms with Gasteiger partial charge in [-0.2, -0.15) is 0 Å². The van der Waals surface area contributed by atoms with Crippen molar-refractivity contribution in [3.05, 3.63) is 29.6 Å². The average Bonchev–Trinajstić information content (AvgIpc) is 2.17. The molecule has 0 spiro atoms. The summed E-state index contributed by atoms with van der Waals surface area (Å²) in [6.07, 6.45) is 2.06. The minimum atomic E-state index is -0.876. The van der Waals surface area contributed by atoms with Crippen molar-refractivity contribution in [1.82, 2.24) is 0 Å².